The van der Waals surface area contributed by atoms with Gasteiger partial charge in [-0.15, -0.1) is 0 Å². The maximum absolute atomic E-state index is 11.3. The Bertz CT molecular complexity index is 414. The Morgan fingerprint density at radius 3 is 2.78 bits per heavy atom. The number of aromatic carboxylic acids is 1. The average Bonchev–Trinajstić information content (AvgIpc) is 2.41. The fourth-order valence-electron chi connectivity index (χ4n) is 2.81. The van der Waals surface area contributed by atoms with E-state index in [2.05, 4.69) is 16.8 Å². The SMILES string of the molecule is CCN(c1cnccc1C(=O)O)C1CCCCC1. The Balaban J connectivity index is 2.28. The molecule has 0 radical (unpaired) electrons. The highest BCUT2D eigenvalue weighted by Gasteiger charge is 2.23. The zero-order valence-corrected chi connectivity index (χ0v) is 10.8. The number of nitrogens with zero attached hydrogens (tertiary/aromatic N) is 2. The topological polar surface area (TPSA) is 53.4 Å². The van der Waals surface area contributed by atoms with Crippen LogP contribution in [0.25, 0.3) is 0 Å². The van der Waals surface area contributed by atoms with Crippen LogP contribution in [0.3, 0.4) is 0 Å². The van der Waals surface area contributed by atoms with Gasteiger partial charge in [0.25, 0.3) is 0 Å². The van der Waals surface area contributed by atoms with Crippen LogP contribution >= 0.6 is 0 Å². The maximum Gasteiger partial charge on any atom is 0.337 e. The van der Waals surface area contributed by atoms with Gasteiger partial charge >= 0.3 is 5.97 Å². The molecule has 0 bridgehead atoms. The van der Waals surface area contributed by atoms with Crippen LogP contribution in [0.5, 0.6) is 0 Å². The van der Waals surface area contributed by atoms with Crippen LogP contribution in [0, 0.1) is 0 Å². The van der Waals surface area contributed by atoms with E-state index in [9.17, 15) is 9.90 Å². The van der Waals surface area contributed by atoms with E-state index in [-0.39, 0.29) is 0 Å². The van der Waals surface area contributed by atoms with Crippen molar-refractivity contribution in [3.05, 3.63) is 24.0 Å². The molecule has 0 amide bonds. The number of carboxylic acids is 1. The minimum atomic E-state index is -0.873. The summed E-state index contributed by atoms with van der Waals surface area (Å²) in [6.45, 7) is 2.91. The normalized spacial score (nSPS) is 16.5. The quantitative estimate of drug-likeness (QED) is 0.890. The Kier molecular flexibility index (Phi) is 4.18. The maximum atomic E-state index is 11.3. The zero-order chi connectivity index (χ0) is 13.0. The molecule has 18 heavy (non-hydrogen) atoms. The fraction of sp³-hybridized carbons (Fsp3) is 0.571. The number of rotatable bonds is 4. The summed E-state index contributed by atoms with van der Waals surface area (Å²) in [6, 6.07) is 2.05. The van der Waals surface area contributed by atoms with Gasteiger partial charge in [-0.1, -0.05) is 19.3 Å². The minimum Gasteiger partial charge on any atom is -0.478 e. The van der Waals surface area contributed by atoms with Gasteiger partial charge < -0.3 is 10.0 Å². The van der Waals surface area contributed by atoms with Gasteiger partial charge in [-0.25, -0.2) is 4.79 Å². The van der Waals surface area contributed by atoms with Gasteiger partial charge in [0.05, 0.1) is 17.4 Å². The van der Waals surface area contributed by atoms with Gasteiger partial charge in [0.15, 0.2) is 0 Å². The van der Waals surface area contributed by atoms with E-state index in [1.54, 1.807) is 18.5 Å². The molecule has 1 aliphatic rings. The molecular formula is C14H20N2O2. The zero-order valence-electron chi connectivity index (χ0n) is 10.8. The molecule has 2 rings (SSSR count). The second kappa shape index (κ2) is 5.85. The standard InChI is InChI=1S/C14H20N2O2/c1-2-16(11-6-4-3-5-7-11)13-10-15-9-8-12(13)14(17)18/h8-11H,2-7H2,1H3,(H,17,18). The molecule has 0 aliphatic heterocycles. The van der Waals surface area contributed by atoms with Crippen LogP contribution in [-0.2, 0) is 0 Å². The van der Waals surface area contributed by atoms with E-state index in [0.29, 0.717) is 11.6 Å². The molecule has 4 nitrogen and oxygen atoms in total. The Labute approximate surface area is 108 Å². The number of hydrogen-bond acceptors (Lipinski definition) is 3. The molecule has 1 fully saturated rings. The molecule has 0 atom stereocenters. The lowest BCUT2D eigenvalue weighted by Crippen LogP contribution is -2.37. The summed E-state index contributed by atoms with van der Waals surface area (Å²) in [5.41, 5.74) is 1.12. The first-order chi connectivity index (χ1) is 8.74. The third kappa shape index (κ3) is 2.63. The highest BCUT2D eigenvalue weighted by atomic mass is 16.4. The second-order valence-corrected chi connectivity index (χ2v) is 4.78. The van der Waals surface area contributed by atoms with Gasteiger partial charge in [0.1, 0.15) is 0 Å². The van der Waals surface area contributed by atoms with Crippen LogP contribution in [0.1, 0.15) is 49.4 Å². The number of carbonyl (C=O) groups is 1. The minimum absolute atomic E-state index is 0.359. The molecule has 0 saturated heterocycles. The molecule has 0 unspecified atom stereocenters. The summed E-state index contributed by atoms with van der Waals surface area (Å²) >= 11 is 0. The van der Waals surface area contributed by atoms with Crippen molar-refractivity contribution in [2.24, 2.45) is 0 Å². The van der Waals surface area contributed by atoms with Crippen molar-refractivity contribution in [1.82, 2.24) is 4.98 Å². The monoisotopic (exact) mass is 248 g/mol. The van der Waals surface area contributed by atoms with Crippen LogP contribution in [0.2, 0.25) is 0 Å². The number of anilines is 1. The van der Waals surface area contributed by atoms with Gasteiger partial charge in [-0.2, -0.15) is 0 Å². The summed E-state index contributed by atoms with van der Waals surface area (Å²) in [7, 11) is 0. The Morgan fingerprint density at radius 2 is 2.17 bits per heavy atom. The van der Waals surface area contributed by atoms with E-state index in [4.69, 9.17) is 0 Å². The van der Waals surface area contributed by atoms with Crippen molar-refractivity contribution in [3.63, 3.8) is 0 Å². The molecule has 1 saturated carbocycles. The van der Waals surface area contributed by atoms with Crippen LogP contribution in [-0.4, -0.2) is 28.6 Å². The number of hydrogen-bond donors (Lipinski definition) is 1. The summed E-state index contributed by atoms with van der Waals surface area (Å²) in [5.74, 6) is -0.873. The van der Waals surface area contributed by atoms with E-state index in [0.717, 1.165) is 25.1 Å². The molecule has 4 heteroatoms. The molecule has 0 aromatic carbocycles. The molecule has 1 aromatic rings. The number of carboxylic acid groups (broad SMARTS) is 1. The molecule has 0 spiro atoms. The van der Waals surface area contributed by atoms with Crippen molar-refractivity contribution < 1.29 is 9.90 Å². The summed E-state index contributed by atoms with van der Waals surface area (Å²) < 4.78 is 0. The highest BCUT2D eigenvalue weighted by Crippen LogP contribution is 2.28. The first kappa shape index (κ1) is 12.9. The van der Waals surface area contributed by atoms with Crippen molar-refractivity contribution >= 4 is 11.7 Å². The third-order valence-corrected chi connectivity index (χ3v) is 3.70. The van der Waals surface area contributed by atoms with Crippen molar-refractivity contribution in [2.45, 2.75) is 45.1 Å². The smallest absolute Gasteiger partial charge is 0.337 e. The average molecular weight is 248 g/mol. The van der Waals surface area contributed by atoms with E-state index < -0.39 is 5.97 Å². The van der Waals surface area contributed by atoms with Gasteiger partial charge in [-0.05, 0) is 25.8 Å². The fourth-order valence-corrected chi connectivity index (χ4v) is 2.81. The summed E-state index contributed by atoms with van der Waals surface area (Å²) in [5, 5.41) is 9.25. The lowest BCUT2D eigenvalue weighted by atomic mass is 9.93. The van der Waals surface area contributed by atoms with Crippen molar-refractivity contribution in [3.8, 4) is 0 Å². The summed E-state index contributed by atoms with van der Waals surface area (Å²) in [4.78, 5) is 17.6. The van der Waals surface area contributed by atoms with E-state index >= 15 is 0 Å². The molecule has 1 N–H and O–H groups in total. The largest absolute Gasteiger partial charge is 0.478 e. The Hall–Kier alpha value is -1.58. The predicted molar refractivity (Wildman–Crippen MR) is 71.1 cm³/mol. The summed E-state index contributed by atoms with van der Waals surface area (Å²) in [6.07, 6.45) is 9.31. The molecule has 1 aliphatic carbocycles. The van der Waals surface area contributed by atoms with E-state index in [1.807, 2.05) is 0 Å². The lowest BCUT2D eigenvalue weighted by Gasteiger charge is -2.35. The lowest BCUT2D eigenvalue weighted by molar-refractivity contribution is 0.0697. The third-order valence-electron chi connectivity index (χ3n) is 3.70. The van der Waals surface area contributed by atoms with Crippen LogP contribution in [0.4, 0.5) is 5.69 Å². The highest BCUT2D eigenvalue weighted by molar-refractivity contribution is 5.94. The number of aromatic nitrogens is 1. The predicted octanol–water partition coefficient (Wildman–Crippen LogP) is 2.94. The first-order valence-corrected chi connectivity index (χ1v) is 6.68. The van der Waals surface area contributed by atoms with Crippen molar-refractivity contribution in [1.29, 1.82) is 0 Å². The van der Waals surface area contributed by atoms with Crippen LogP contribution < -0.4 is 4.90 Å². The molecule has 1 aromatic heterocycles. The second-order valence-electron chi connectivity index (χ2n) is 4.78. The van der Waals surface area contributed by atoms with Gasteiger partial charge in [-0.3, -0.25) is 4.98 Å². The number of pyridine rings is 1. The van der Waals surface area contributed by atoms with Gasteiger partial charge in [0.2, 0.25) is 0 Å². The first-order valence-electron chi connectivity index (χ1n) is 6.68. The molecular weight excluding hydrogens is 228 g/mol. The van der Waals surface area contributed by atoms with Gasteiger partial charge in [0, 0.05) is 18.8 Å². The van der Waals surface area contributed by atoms with E-state index in [1.165, 1.54) is 19.3 Å². The Morgan fingerprint density at radius 1 is 1.44 bits per heavy atom. The van der Waals surface area contributed by atoms with Crippen molar-refractivity contribution in [2.75, 3.05) is 11.4 Å². The molecule has 1 heterocycles. The van der Waals surface area contributed by atoms with Crippen LogP contribution in [0.15, 0.2) is 18.5 Å². The molecule has 98 valence electrons.